The molecule has 96 valence electrons. The summed E-state index contributed by atoms with van der Waals surface area (Å²) in [5.41, 5.74) is 7.15. The summed E-state index contributed by atoms with van der Waals surface area (Å²) in [5, 5.41) is 0. The van der Waals surface area contributed by atoms with Crippen LogP contribution in [0.5, 0.6) is 0 Å². The van der Waals surface area contributed by atoms with Gasteiger partial charge in [-0.15, -0.1) is 12.4 Å². The summed E-state index contributed by atoms with van der Waals surface area (Å²) in [5.74, 6) is 0.302. The lowest BCUT2D eigenvalue weighted by atomic mass is 9.81. The lowest BCUT2D eigenvalue weighted by molar-refractivity contribution is 0.307. The second kappa shape index (κ2) is 6.72. The molecule has 1 saturated carbocycles. The Morgan fingerprint density at radius 2 is 1.88 bits per heavy atom. The average molecular weight is 323 g/mol. The molecule has 0 unspecified atom stereocenters. The van der Waals surface area contributed by atoms with E-state index < -0.39 is 0 Å². The summed E-state index contributed by atoms with van der Waals surface area (Å²) >= 11 is 3.45. The SMILES string of the molecule is Cl.N[C@@H](c1cc(F)ccc1Br)C1CCCCC1. The minimum Gasteiger partial charge on any atom is -0.324 e. The highest BCUT2D eigenvalue weighted by Gasteiger charge is 2.23. The van der Waals surface area contributed by atoms with Crippen molar-refractivity contribution in [2.24, 2.45) is 11.7 Å². The van der Waals surface area contributed by atoms with E-state index in [1.54, 1.807) is 12.1 Å². The van der Waals surface area contributed by atoms with E-state index in [1.165, 1.54) is 38.2 Å². The van der Waals surface area contributed by atoms with Crippen LogP contribution in [0.1, 0.15) is 43.7 Å². The van der Waals surface area contributed by atoms with Crippen molar-refractivity contribution in [3.63, 3.8) is 0 Å². The third kappa shape index (κ3) is 3.67. The molecule has 1 aromatic rings. The number of hydrogen-bond donors (Lipinski definition) is 1. The standard InChI is InChI=1S/C13H17BrFN.ClH/c14-12-7-6-10(15)8-11(12)13(16)9-4-2-1-3-5-9;/h6-9,13H,1-5,16H2;1H/t13-;/m1./s1. The van der Waals surface area contributed by atoms with Gasteiger partial charge in [0.15, 0.2) is 0 Å². The first-order valence-corrected chi connectivity index (χ1v) is 6.68. The third-order valence-corrected chi connectivity index (χ3v) is 4.20. The van der Waals surface area contributed by atoms with Gasteiger partial charge in [-0.05, 0) is 42.5 Å². The van der Waals surface area contributed by atoms with Crippen LogP contribution >= 0.6 is 28.3 Å². The zero-order chi connectivity index (χ0) is 11.5. The molecular formula is C13H18BrClFN. The van der Waals surface area contributed by atoms with Gasteiger partial charge < -0.3 is 5.73 Å². The quantitative estimate of drug-likeness (QED) is 0.846. The summed E-state index contributed by atoms with van der Waals surface area (Å²) in [6, 6.07) is 4.73. The Morgan fingerprint density at radius 3 is 2.53 bits per heavy atom. The van der Waals surface area contributed by atoms with Crippen LogP contribution in [0.2, 0.25) is 0 Å². The first-order chi connectivity index (χ1) is 7.68. The molecule has 2 rings (SSSR count). The molecule has 1 aromatic carbocycles. The van der Waals surface area contributed by atoms with Gasteiger partial charge in [-0.2, -0.15) is 0 Å². The average Bonchev–Trinajstić information content (AvgIpc) is 2.32. The Kier molecular flexibility index (Phi) is 5.90. The summed E-state index contributed by atoms with van der Waals surface area (Å²) in [4.78, 5) is 0. The van der Waals surface area contributed by atoms with E-state index in [-0.39, 0.29) is 24.3 Å². The number of benzene rings is 1. The Bertz CT molecular complexity index is 366. The van der Waals surface area contributed by atoms with Crippen molar-refractivity contribution in [3.8, 4) is 0 Å². The minimum absolute atomic E-state index is 0. The Morgan fingerprint density at radius 1 is 1.24 bits per heavy atom. The van der Waals surface area contributed by atoms with Crippen molar-refractivity contribution in [2.75, 3.05) is 0 Å². The molecule has 0 radical (unpaired) electrons. The molecule has 0 aromatic heterocycles. The molecule has 0 saturated heterocycles. The Hall–Kier alpha value is -0.120. The lowest BCUT2D eigenvalue weighted by Crippen LogP contribution is -2.24. The fourth-order valence-electron chi connectivity index (χ4n) is 2.52. The first kappa shape index (κ1) is 14.9. The fraction of sp³-hybridized carbons (Fsp3) is 0.538. The van der Waals surface area contributed by atoms with Crippen LogP contribution in [-0.2, 0) is 0 Å². The van der Waals surface area contributed by atoms with Gasteiger partial charge in [0, 0.05) is 10.5 Å². The Labute approximate surface area is 117 Å². The third-order valence-electron chi connectivity index (χ3n) is 3.47. The highest BCUT2D eigenvalue weighted by molar-refractivity contribution is 9.10. The summed E-state index contributed by atoms with van der Waals surface area (Å²) in [6.07, 6.45) is 6.17. The molecule has 0 amide bonds. The largest absolute Gasteiger partial charge is 0.324 e. The van der Waals surface area contributed by atoms with Gasteiger partial charge in [0.2, 0.25) is 0 Å². The zero-order valence-corrected chi connectivity index (χ0v) is 12.1. The van der Waals surface area contributed by atoms with E-state index in [0.717, 1.165) is 10.0 Å². The van der Waals surface area contributed by atoms with Crippen LogP contribution < -0.4 is 5.73 Å². The van der Waals surface area contributed by atoms with E-state index in [4.69, 9.17) is 5.73 Å². The molecule has 0 heterocycles. The van der Waals surface area contributed by atoms with Crippen LogP contribution in [0.4, 0.5) is 4.39 Å². The second-order valence-electron chi connectivity index (χ2n) is 4.59. The van der Waals surface area contributed by atoms with Gasteiger partial charge in [-0.3, -0.25) is 0 Å². The minimum atomic E-state index is -0.204. The fourth-order valence-corrected chi connectivity index (χ4v) is 3.03. The first-order valence-electron chi connectivity index (χ1n) is 5.89. The summed E-state index contributed by atoms with van der Waals surface area (Å²) in [7, 11) is 0. The molecule has 1 aliphatic rings. The predicted molar refractivity (Wildman–Crippen MR) is 74.9 cm³/mol. The van der Waals surface area contributed by atoms with Crippen molar-refractivity contribution in [1.82, 2.24) is 0 Å². The molecule has 0 bridgehead atoms. The highest BCUT2D eigenvalue weighted by Crippen LogP contribution is 2.35. The number of nitrogens with two attached hydrogens (primary N) is 1. The Balaban J connectivity index is 0.00000144. The van der Waals surface area contributed by atoms with Crippen molar-refractivity contribution in [3.05, 3.63) is 34.1 Å². The number of hydrogen-bond acceptors (Lipinski definition) is 1. The van der Waals surface area contributed by atoms with Crippen molar-refractivity contribution >= 4 is 28.3 Å². The normalized spacial score (nSPS) is 18.5. The van der Waals surface area contributed by atoms with E-state index >= 15 is 0 Å². The number of halogens is 3. The van der Waals surface area contributed by atoms with Crippen molar-refractivity contribution < 1.29 is 4.39 Å². The van der Waals surface area contributed by atoms with Crippen LogP contribution in [0.25, 0.3) is 0 Å². The molecule has 0 spiro atoms. The molecule has 0 aliphatic heterocycles. The smallest absolute Gasteiger partial charge is 0.123 e. The number of rotatable bonds is 2. The van der Waals surface area contributed by atoms with E-state index in [2.05, 4.69) is 15.9 Å². The second-order valence-corrected chi connectivity index (χ2v) is 5.44. The molecule has 1 fully saturated rings. The molecule has 17 heavy (non-hydrogen) atoms. The van der Waals surface area contributed by atoms with Crippen LogP contribution in [0, 0.1) is 11.7 Å². The van der Waals surface area contributed by atoms with Crippen molar-refractivity contribution in [1.29, 1.82) is 0 Å². The topological polar surface area (TPSA) is 26.0 Å². The highest BCUT2D eigenvalue weighted by atomic mass is 79.9. The maximum absolute atomic E-state index is 13.2. The summed E-state index contributed by atoms with van der Waals surface area (Å²) in [6.45, 7) is 0. The molecular weight excluding hydrogens is 305 g/mol. The lowest BCUT2D eigenvalue weighted by Gasteiger charge is -2.28. The van der Waals surface area contributed by atoms with Gasteiger partial charge >= 0.3 is 0 Å². The van der Waals surface area contributed by atoms with Gasteiger partial charge in [-0.1, -0.05) is 35.2 Å². The summed E-state index contributed by atoms with van der Waals surface area (Å²) < 4.78 is 14.1. The molecule has 2 N–H and O–H groups in total. The molecule has 1 atom stereocenters. The van der Waals surface area contributed by atoms with Gasteiger partial charge in [-0.25, -0.2) is 4.39 Å². The predicted octanol–water partition coefficient (Wildman–Crippen LogP) is 4.59. The molecule has 1 aliphatic carbocycles. The van der Waals surface area contributed by atoms with Gasteiger partial charge in [0.1, 0.15) is 5.82 Å². The van der Waals surface area contributed by atoms with Crippen LogP contribution in [0.15, 0.2) is 22.7 Å². The van der Waals surface area contributed by atoms with E-state index in [0.29, 0.717) is 5.92 Å². The van der Waals surface area contributed by atoms with E-state index in [1.807, 2.05) is 0 Å². The molecule has 4 heteroatoms. The maximum atomic E-state index is 13.2. The van der Waals surface area contributed by atoms with Gasteiger partial charge in [0.25, 0.3) is 0 Å². The van der Waals surface area contributed by atoms with E-state index in [9.17, 15) is 4.39 Å². The van der Waals surface area contributed by atoms with Gasteiger partial charge in [0.05, 0.1) is 0 Å². The maximum Gasteiger partial charge on any atom is 0.123 e. The van der Waals surface area contributed by atoms with Crippen molar-refractivity contribution in [2.45, 2.75) is 38.1 Å². The monoisotopic (exact) mass is 321 g/mol. The molecule has 1 nitrogen and oxygen atoms in total. The zero-order valence-electron chi connectivity index (χ0n) is 9.66. The van der Waals surface area contributed by atoms with Crippen LogP contribution in [0.3, 0.4) is 0 Å². The van der Waals surface area contributed by atoms with Crippen LogP contribution in [-0.4, -0.2) is 0 Å².